The molecule has 88 valence electrons. The molecule has 0 fully saturated rings. The topological polar surface area (TPSA) is 71.8 Å². The molecule has 0 spiro atoms. The second-order valence-corrected chi connectivity index (χ2v) is 4.05. The van der Waals surface area contributed by atoms with Crippen molar-refractivity contribution < 1.29 is 0 Å². The number of nitrogens with zero attached hydrogens (tertiary/aromatic N) is 1. The summed E-state index contributed by atoms with van der Waals surface area (Å²) in [7, 11) is 0. The van der Waals surface area contributed by atoms with Gasteiger partial charge in [0.05, 0.1) is 0 Å². The summed E-state index contributed by atoms with van der Waals surface area (Å²) in [6, 6.07) is 15.0. The molecular formula is C14H11N3O. The van der Waals surface area contributed by atoms with E-state index in [0.717, 1.165) is 16.5 Å². The first-order chi connectivity index (χ1) is 8.74. The lowest BCUT2D eigenvalue weighted by Gasteiger charge is -2.06. The van der Waals surface area contributed by atoms with Gasteiger partial charge >= 0.3 is 0 Å². The van der Waals surface area contributed by atoms with Gasteiger partial charge in [-0.25, -0.2) is 4.98 Å². The van der Waals surface area contributed by atoms with Crippen molar-refractivity contribution in [2.24, 2.45) is 0 Å². The van der Waals surface area contributed by atoms with Crippen molar-refractivity contribution in [3.63, 3.8) is 0 Å². The number of rotatable bonds is 1. The van der Waals surface area contributed by atoms with Crippen molar-refractivity contribution in [1.82, 2.24) is 9.97 Å². The molecule has 0 unspecified atom stereocenters. The fraction of sp³-hybridized carbons (Fsp3) is 0. The van der Waals surface area contributed by atoms with Crippen LogP contribution >= 0.6 is 0 Å². The van der Waals surface area contributed by atoms with Gasteiger partial charge in [0.15, 0.2) is 0 Å². The largest absolute Gasteiger partial charge is 0.383 e. The number of nitrogens with two attached hydrogens (primary N) is 1. The highest BCUT2D eigenvalue weighted by Gasteiger charge is 2.06. The normalized spacial score (nSPS) is 10.7. The predicted molar refractivity (Wildman–Crippen MR) is 72.2 cm³/mol. The third-order valence-electron chi connectivity index (χ3n) is 2.82. The fourth-order valence-corrected chi connectivity index (χ4v) is 1.94. The number of fused-ring (bicyclic) bond motifs is 1. The van der Waals surface area contributed by atoms with Crippen molar-refractivity contribution in [2.75, 3.05) is 5.73 Å². The van der Waals surface area contributed by atoms with Gasteiger partial charge in [0.1, 0.15) is 11.5 Å². The van der Waals surface area contributed by atoms with E-state index in [-0.39, 0.29) is 5.56 Å². The van der Waals surface area contributed by atoms with Crippen LogP contribution in [0.2, 0.25) is 0 Å². The molecule has 18 heavy (non-hydrogen) atoms. The van der Waals surface area contributed by atoms with Crippen LogP contribution in [0.3, 0.4) is 0 Å². The molecule has 2 heterocycles. The number of benzene rings is 1. The molecule has 0 bridgehead atoms. The zero-order chi connectivity index (χ0) is 12.5. The first kappa shape index (κ1) is 10.5. The SMILES string of the molecule is Nc1nc2[nH]c(=O)ccc2cc1-c1ccccc1. The third kappa shape index (κ3) is 1.73. The summed E-state index contributed by atoms with van der Waals surface area (Å²) >= 11 is 0. The first-order valence-corrected chi connectivity index (χ1v) is 5.59. The first-order valence-electron chi connectivity index (χ1n) is 5.59. The van der Waals surface area contributed by atoms with Crippen LogP contribution in [0, 0.1) is 0 Å². The molecule has 0 radical (unpaired) electrons. The molecule has 3 rings (SSSR count). The number of hydrogen-bond acceptors (Lipinski definition) is 3. The lowest BCUT2D eigenvalue weighted by atomic mass is 10.1. The van der Waals surface area contributed by atoms with Crippen molar-refractivity contribution >= 4 is 16.9 Å². The summed E-state index contributed by atoms with van der Waals surface area (Å²) in [6.45, 7) is 0. The van der Waals surface area contributed by atoms with Crippen LogP contribution in [0.15, 0.2) is 53.3 Å². The van der Waals surface area contributed by atoms with E-state index in [1.165, 1.54) is 6.07 Å². The number of hydrogen-bond donors (Lipinski definition) is 2. The Hall–Kier alpha value is -2.62. The number of nitrogen functional groups attached to an aromatic ring is 1. The molecule has 1 aromatic carbocycles. The molecule has 0 saturated carbocycles. The summed E-state index contributed by atoms with van der Waals surface area (Å²) in [5.74, 6) is 0.413. The van der Waals surface area contributed by atoms with Crippen LogP contribution in [-0.2, 0) is 0 Å². The van der Waals surface area contributed by atoms with E-state index >= 15 is 0 Å². The third-order valence-corrected chi connectivity index (χ3v) is 2.82. The van der Waals surface area contributed by atoms with Crippen molar-refractivity contribution in [3.05, 3.63) is 58.9 Å². The van der Waals surface area contributed by atoms with E-state index in [1.54, 1.807) is 6.07 Å². The molecule has 3 N–H and O–H groups in total. The minimum Gasteiger partial charge on any atom is -0.383 e. The summed E-state index contributed by atoms with van der Waals surface area (Å²) in [5.41, 5.74) is 8.15. The molecule has 0 aliphatic heterocycles. The average molecular weight is 237 g/mol. The highest BCUT2D eigenvalue weighted by atomic mass is 16.1. The Balaban J connectivity index is 2.29. The van der Waals surface area contributed by atoms with E-state index in [2.05, 4.69) is 9.97 Å². The number of aromatic nitrogens is 2. The van der Waals surface area contributed by atoms with Crippen LogP contribution in [-0.4, -0.2) is 9.97 Å². The van der Waals surface area contributed by atoms with Crippen LogP contribution in [0.4, 0.5) is 5.82 Å². The van der Waals surface area contributed by atoms with Gasteiger partial charge in [0, 0.05) is 17.0 Å². The maximum absolute atomic E-state index is 11.2. The second-order valence-electron chi connectivity index (χ2n) is 4.05. The van der Waals surface area contributed by atoms with E-state index in [9.17, 15) is 4.79 Å². The Kier molecular flexibility index (Phi) is 2.34. The van der Waals surface area contributed by atoms with Gasteiger partial charge in [0.2, 0.25) is 5.56 Å². The molecule has 0 aliphatic rings. The van der Waals surface area contributed by atoms with Gasteiger partial charge in [-0.2, -0.15) is 0 Å². The summed E-state index contributed by atoms with van der Waals surface area (Å²) in [6.07, 6.45) is 0. The van der Waals surface area contributed by atoms with Gasteiger partial charge in [0.25, 0.3) is 0 Å². The molecule has 3 aromatic rings. The standard InChI is InChI=1S/C14H11N3O/c15-13-11(9-4-2-1-3-5-9)8-10-6-7-12(18)16-14(10)17-13/h1-8H,(H3,15,16,17,18). The molecule has 4 heteroatoms. The molecular weight excluding hydrogens is 226 g/mol. The average Bonchev–Trinajstić information content (AvgIpc) is 2.39. The Morgan fingerprint density at radius 2 is 1.83 bits per heavy atom. The Labute approximate surface area is 103 Å². The molecule has 0 saturated heterocycles. The minimum atomic E-state index is -0.179. The molecule has 0 aliphatic carbocycles. The maximum atomic E-state index is 11.2. The predicted octanol–water partition coefficient (Wildman–Crippen LogP) is 2.17. The van der Waals surface area contributed by atoms with Gasteiger partial charge in [-0.05, 0) is 17.7 Å². The lowest BCUT2D eigenvalue weighted by Crippen LogP contribution is -2.05. The molecule has 2 aromatic heterocycles. The highest BCUT2D eigenvalue weighted by Crippen LogP contribution is 2.26. The summed E-state index contributed by atoms with van der Waals surface area (Å²) in [5, 5.41) is 0.864. The van der Waals surface area contributed by atoms with E-state index in [4.69, 9.17) is 5.73 Å². The number of aromatic amines is 1. The Morgan fingerprint density at radius 3 is 2.61 bits per heavy atom. The van der Waals surface area contributed by atoms with Crippen molar-refractivity contribution in [3.8, 4) is 11.1 Å². The second kappa shape index (κ2) is 4.00. The highest BCUT2D eigenvalue weighted by molar-refractivity contribution is 5.86. The van der Waals surface area contributed by atoms with Crippen LogP contribution in [0.1, 0.15) is 0 Å². The molecule has 4 nitrogen and oxygen atoms in total. The number of pyridine rings is 2. The monoisotopic (exact) mass is 237 g/mol. The molecule has 0 atom stereocenters. The van der Waals surface area contributed by atoms with Crippen LogP contribution < -0.4 is 11.3 Å². The Bertz CT molecular complexity index is 763. The van der Waals surface area contributed by atoms with E-state index < -0.39 is 0 Å². The maximum Gasteiger partial charge on any atom is 0.249 e. The summed E-state index contributed by atoms with van der Waals surface area (Å²) in [4.78, 5) is 18.1. The van der Waals surface area contributed by atoms with Crippen molar-refractivity contribution in [2.45, 2.75) is 0 Å². The number of nitrogens with one attached hydrogen (secondary N) is 1. The number of H-pyrrole nitrogens is 1. The van der Waals surface area contributed by atoms with Gasteiger partial charge in [-0.1, -0.05) is 30.3 Å². The molecule has 0 amide bonds. The zero-order valence-electron chi connectivity index (χ0n) is 9.55. The quantitative estimate of drug-likeness (QED) is 0.681. The van der Waals surface area contributed by atoms with Gasteiger partial charge in [-0.15, -0.1) is 0 Å². The zero-order valence-corrected chi connectivity index (χ0v) is 9.55. The minimum absolute atomic E-state index is 0.179. The van der Waals surface area contributed by atoms with Crippen LogP contribution in [0.5, 0.6) is 0 Å². The van der Waals surface area contributed by atoms with Crippen LogP contribution in [0.25, 0.3) is 22.2 Å². The Morgan fingerprint density at radius 1 is 1.06 bits per heavy atom. The summed E-state index contributed by atoms with van der Waals surface area (Å²) < 4.78 is 0. The van der Waals surface area contributed by atoms with Gasteiger partial charge < -0.3 is 10.7 Å². The smallest absolute Gasteiger partial charge is 0.249 e. The van der Waals surface area contributed by atoms with E-state index in [0.29, 0.717) is 11.5 Å². The van der Waals surface area contributed by atoms with Gasteiger partial charge in [-0.3, -0.25) is 4.79 Å². The van der Waals surface area contributed by atoms with Crippen molar-refractivity contribution in [1.29, 1.82) is 0 Å². The van der Waals surface area contributed by atoms with E-state index in [1.807, 2.05) is 36.4 Å². The number of anilines is 1. The fourth-order valence-electron chi connectivity index (χ4n) is 1.94. The lowest BCUT2D eigenvalue weighted by molar-refractivity contribution is 1.24.